The Bertz CT molecular complexity index is 939. The molecule has 0 spiro atoms. The zero-order chi connectivity index (χ0) is 20.6. The Morgan fingerprint density at radius 3 is 2.61 bits per heavy atom. The van der Waals surface area contributed by atoms with Gasteiger partial charge in [0.1, 0.15) is 6.04 Å². The Balaban J connectivity index is 1.82. The average Bonchev–Trinajstić information content (AvgIpc) is 3.02. The van der Waals surface area contributed by atoms with Crippen LogP contribution in [0, 0.1) is 5.41 Å². The molecule has 0 radical (unpaired) electrons. The molecule has 1 unspecified atom stereocenters. The van der Waals surface area contributed by atoms with E-state index in [2.05, 4.69) is 10.3 Å². The summed E-state index contributed by atoms with van der Waals surface area (Å²) >= 11 is 0. The maximum atomic E-state index is 12.9. The third-order valence-corrected chi connectivity index (χ3v) is 5.11. The molecule has 28 heavy (non-hydrogen) atoms. The molecule has 150 valence electrons. The molecule has 1 atom stereocenters. The maximum Gasteiger partial charge on any atom is 0.337 e. The zero-order valence-electron chi connectivity index (χ0n) is 17.0. The topological polar surface area (TPSA) is 91.5 Å². The van der Waals surface area contributed by atoms with Crippen molar-refractivity contribution in [2.24, 2.45) is 5.41 Å². The summed E-state index contributed by atoms with van der Waals surface area (Å²) < 4.78 is 4.81. The first-order chi connectivity index (χ1) is 13.1. The van der Waals surface area contributed by atoms with E-state index in [1.165, 1.54) is 7.11 Å². The standard InChI is InChI=1S/C21H27N3O4/c1-12(22-20(27)21(2,3)4)18(25)24-9-8-17-15(11-24)14-10-13(19(26)28-5)6-7-16(14)23-17/h6-7,10,12,23H,8-9,11H2,1-5H3,(H,22,27). The van der Waals surface area contributed by atoms with Crippen LogP contribution < -0.4 is 5.32 Å². The van der Waals surface area contributed by atoms with Gasteiger partial charge in [0.05, 0.1) is 12.7 Å². The summed E-state index contributed by atoms with van der Waals surface area (Å²) in [5.74, 6) is -0.651. The molecule has 0 aliphatic carbocycles. The van der Waals surface area contributed by atoms with Crippen molar-refractivity contribution in [2.45, 2.75) is 46.7 Å². The van der Waals surface area contributed by atoms with E-state index in [0.29, 0.717) is 25.1 Å². The molecule has 3 rings (SSSR count). The van der Waals surface area contributed by atoms with Gasteiger partial charge in [-0.3, -0.25) is 9.59 Å². The highest BCUT2D eigenvalue weighted by molar-refractivity contribution is 5.96. The van der Waals surface area contributed by atoms with Gasteiger partial charge in [-0.1, -0.05) is 20.8 Å². The van der Waals surface area contributed by atoms with Crippen molar-refractivity contribution in [3.05, 3.63) is 35.0 Å². The first-order valence-electron chi connectivity index (χ1n) is 9.43. The summed E-state index contributed by atoms with van der Waals surface area (Å²) in [7, 11) is 1.35. The lowest BCUT2D eigenvalue weighted by Gasteiger charge is -2.31. The molecule has 1 aromatic heterocycles. The molecule has 2 heterocycles. The Labute approximate surface area is 164 Å². The van der Waals surface area contributed by atoms with Gasteiger partial charge in [0, 0.05) is 47.1 Å². The summed E-state index contributed by atoms with van der Waals surface area (Å²) in [6.45, 7) is 8.19. The van der Waals surface area contributed by atoms with Gasteiger partial charge in [-0.25, -0.2) is 4.79 Å². The minimum atomic E-state index is -0.593. The number of carbonyl (C=O) groups excluding carboxylic acids is 3. The van der Waals surface area contributed by atoms with Crippen LogP contribution in [-0.4, -0.2) is 47.4 Å². The van der Waals surface area contributed by atoms with Gasteiger partial charge in [-0.15, -0.1) is 0 Å². The first-order valence-corrected chi connectivity index (χ1v) is 9.43. The predicted molar refractivity (Wildman–Crippen MR) is 106 cm³/mol. The molecule has 1 aromatic carbocycles. The second-order valence-corrected chi connectivity index (χ2v) is 8.29. The van der Waals surface area contributed by atoms with Gasteiger partial charge in [0.15, 0.2) is 0 Å². The lowest BCUT2D eigenvalue weighted by atomic mass is 9.95. The van der Waals surface area contributed by atoms with Crippen LogP contribution in [0.2, 0.25) is 0 Å². The number of H-pyrrole nitrogens is 1. The monoisotopic (exact) mass is 385 g/mol. The number of aromatic nitrogens is 1. The molecule has 2 amide bonds. The second-order valence-electron chi connectivity index (χ2n) is 8.29. The van der Waals surface area contributed by atoms with Crippen molar-refractivity contribution < 1.29 is 19.1 Å². The molecule has 1 aliphatic heterocycles. The highest BCUT2D eigenvalue weighted by Gasteiger charge is 2.30. The Hall–Kier alpha value is -2.83. The number of benzene rings is 1. The van der Waals surface area contributed by atoms with Crippen molar-refractivity contribution in [2.75, 3.05) is 13.7 Å². The fraction of sp³-hybridized carbons (Fsp3) is 0.476. The predicted octanol–water partition coefficient (Wildman–Crippen LogP) is 2.39. The highest BCUT2D eigenvalue weighted by atomic mass is 16.5. The summed E-state index contributed by atoms with van der Waals surface area (Å²) in [5, 5.41) is 3.72. The van der Waals surface area contributed by atoms with E-state index >= 15 is 0 Å². The second kappa shape index (κ2) is 7.30. The number of carbonyl (C=O) groups is 3. The quantitative estimate of drug-likeness (QED) is 0.794. The van der Waals surface area contributed by atoms with Crippen molar-refractivity contribution in [3.63, 3.8) is 0 Å². The van der Waals surface area contributed by atoms with Crippen LogP contribution in [0.15, 0.2) is 18.2 Å². The number of hydrogen-bond donors (Lipinski definition) is 2. The number of ether oxygens (including phenoxy) is 1. The van der Waals surface area contributed by atoms with Crippen LogP contribution in [0.3, 0.4) is 0 Å². The molecule has 7 heteroatoms. The molecule has 2 N–H and O–H groups in total. The van der Waals surface area contributed by atoms with E-state index in [0.717, 1.165) is 22.2 Å². The van der Waals surface area contributed by atoms with E-state index in [9.17, 15) is 14.4 Å². The summed E-state index contributed by atoms with van der Waals surface area (Å²) in [4.78, 5) is 42.1. The highest BCUT2D eigenvalue weighted by Crippen LogP contribution is 2.29. The summed E-state index contributed by atoms with van der Waals surface area (Å²) in [5.41, 5.74) is 2.94. The SMILES string of the molecule is COC(=O)c1ccc2[nH]c3c(c2c1)CN(C(=O)C(C)NC(=O)C(C)(C)C)CC3. The van der Waals surface area contributed by atoms with Gasteiger partial charge in [0.25, 0.3) is 0 Å². The minimum Gasteiger partial charge on any atom is -0.465 e. The summed E-state index contributed by atoms with van der Waals surface area (Å²) in [6, 6.07) is 4.79. The van der Waals surface area contributed by atoms with E-state index in [-0.39, 0.29) is 17.8 Å². The zero-order valence-corrected chi connectivity index (χ0v) is 17.0. The third kappa shape index (κ3) is 3.74. The van der Waals surface area contributed by atoms with Crippen LogP contribution in [0.5, 0.6) is 0 Å². The molecular weight excluding hydrogens is 358 g/mol. The smallest absolute Gasteiger partial charge is 0.337 e. The summed E-state index contributed by atoms with van der Waals surface area (Å²) in [6.07, 6.45) is 0.698. The number of esters is 1. The van der Waals surface area contributed by atoms with E-state index < -0.39 is 11.5 Å². The van der Waals surface area contributed by atoms with Crippen LogP contribution in [-0.2, 0) is 27.3 Å². The number of amides is 2. The molecule has 0 fully saturated rings. The molecule has 0 saturated carbocycles. The van der Waals surface area contributed by atoms with Crippen molar-refractivity contribution in [1.29, 1.82) is 0 Å². The number of hydrogen-bond acceptors (Lipinski definition) is 4. The lowest BCUT2D eigenvalue weighted by Crippen LogP contribution is -2.50. The average molecular weight is 385 g/mol. The van der Waals surface area contributed by atoms with Gasteiger partial charge < -0.3 is 19.9 Å². The largest absolute Gasteiger partial charge is 0.465 e. The fourth-order valence-electron chi connectivity index (χ4n) is 3.40. The Morgan fingerprint density at radius 2 is 1.96 bits per heavy atom. The molecule has 1 aliphatic rings. The van der Waals surface area contributed by atoms with E-state index in [4.69, 9.17) is 4.74 Å². The molecule has 7 nitrogen and oxygen atoms in total. The van der Waals surface area contributed by atoms with Crippen molar-refractivity contribution in [1.82, 2.24) is 15.2 Å². The molecule has 2 aromatic rings. The third-order valence-electron chi connectivity index (χ3n) is 5.11. The van der Waals surface area contributed by atoms with E-state index in [1.807, 2.05) is 26.8 Å². The van der Waals surface area contributed by atoms with Crippen molar-refractivity contribution >= 4 is 28.7 Å². The fourth-order valence-corrected chi connectivity index (χ4v) is 3.40. The number of methoxy groups -OCH3 is 1. The number of fused-ring (bicyclic) bond motifs is 3. The lowest BCUT2D eigenvalue weighted by molar-refractivity contribution is -0.138. The molecular formula is C21H27N3O4. The van der Waals surface area contributed by atoms with Crippen LogP contribution in [0.1, 0.15) is 49.3 Å². The normalized spacial score (nSPS) is 15.1. The Kier molecular flexibility index (Phi) is 5.19. The van der Waals surface area contributed by atoms with Gasteiger partial charge in [-0.2, -0.15) is 0 Å². The number of nitrogens with one attached hydrogen (secondary N) is 2. The van der Waals surface area contributed by atoms with Gasteiger partial charge in [0.2, 0.25) is 11.8 Å². The number of rotatable bonds is 3. The minimum absolute atomic E-state index is 0.110. The van der Waals surface area contributed by atoms with Gasteiger partial charge >= 0.3 is 5.97 Å². The number of nitrogens with zero attached hydrogens (tertiary/aromatic N) is 1. The van der Waals surface area contributed by atoms with Crippen molar-refractivity contribution in [3.8, 4) is 0 Å². The molecule has 0 bridgehead atoms. The first kappa shape index (κ1) is 19.9. The van der Waals surface area contributed by atoms with Crippen LogP contribution in [0.25, 0.3) is 10.9 Å². The van der Waals surface area contributed by atoms with E-state index in [1.54, 1.807) is 24.0 Å². The van der Waals surface area contributed by atoms with Crippen LogP contribution >= 0.6 is 0 Å². The molecule has 0 saturated heterocycles. The Morgan fingerprint density at radius 1 is 1.25 bits per heavy atom. The maximum absolute atomic E-state index is 12.9. The number of aromatic amines is 1. The van der Waals surface area contributed by atoms with Gasteiger partial charge in [-0.05, 0) is 25.1 Å². The van der Waals surface area contributed by atoms with Crippen LogP contribution in [0.4, 0.5) is 0 Å².